The molecule has 1 aromatic heterocycles. The van der Waals surface area contributed by atoms with Crippen molar-refractivity contribution in [2.45, 2.75) is 25.2 Å². The number of fused-ring (bicyclic) bond motifs is 1. The lowest BCUT2D eigenvalue weighted by Crippen LogP contribution is -2.10. The standard InChI is InChI=1S/C16H14N2/c17-11-14-8-4-7-13-9-10-15(18-16(13)14)12-5-2-1-3-6-12/h1-3,5-6,9-10,14H,4,7-8H2/t14-/m1/s1. The van der Waals surface area contributed by atoms with Gasteiger partial charge in [0.25, 0.3) is 0 Å². The monoisotopic (exact) mass is 234 g/mol. The van der Waals surface area contributed by atoms with Crippen molar-refractivity contribution in [2.75, 3.05) is 0 Å². The Hall–Kier alpha value is -2.14. The largest absolute Gasteiger partial charge is 0.251 e. The van der Waals surface area contributed by atoms with Crippen LogP contribution in [0.4, 0.5) is 0 Å². The molecular formula is C16H14N2. The fourth-order valence-electron chi connectivity index (χ4n) is 2.55. The van der Waals surface area contributed by atoms with E-state index in [4.69, 9.17) is 4.98 Å². The maximum absolute atomic E-state index is 9.21. The van der Waals surface area contributed by atoms with E-state index in [-0.39, 0.29) is 5.92 Å². The first-order chi connectivity index (χ1) is 8.88. The number of aromatic nitrogens is 1. The Kier molecular flexibility index (Phi) is 2.82. The molecule has 2 heteroatoms. The number of aryl methyl sites for hydroxylation is 1. The van der Waals surface area contributed by atoms with Gasteiger partial charge in [0.15, 0.2) is 0 Å². The zero-order valence-electron chi connectivity index (χ0n) is 10.1. The van der Waals surface area contributed by atoms with Gasteiger partial charge >= 0.3 is 0 Å². The zero-order chi connectivity index (χ0) is 12.4. The predicted molar refractivity (Wildman–Crippen MR) is 71.0 cm³/mol. The van der Waals surface area contributed by atoms with Crippen LogP contribution < -0.4 is 0 Å². The summed E-state index contributed by atoms with van der Waals surface area (Å²) in [5.41, 5.74) is 4.32. The number of nitrogens with zero attached hydrogens (tertiary/aromatic N) is 2. The average molecular weight is 234 g/mol. The second-order valence-corrected chi connectivity index (χ2v) is 4.68. The minimum absolute atomic E-state index is 0.0302. The van der Waals surface area contributed by atoms with Crippen LogP contribution in [0.1, 0.15) is 30.0 Å². The Balaban J connectivity index is 2.08. The molecule has 1 aliphatic rings. The molecule has 2 nitrogen and oxygen atoms in total. The summed E-state index contributed by atoms with van der Waals surface area (Å²) < 4.78 is 0. The van der Waals surface area contributed by atoms with Gasteiger partial charge in [0.2, 0.25) is 0 Å². The molecule has 0 bridgehead atoms. The highest BCUT2D eigenvalue weighted by Crippen LogP contribution is 2.31. The molecule has 18 heavy (non-hydrogen) atoms. The average Bonchev–Trinajstić information content (AvgIpc) is 2.47. The van der Waals surface area contributed by atoms with Gasteiger partial charge in [0.1, 0.15) is 0 Å². The summed E-state index contributed by atoms with van der Waals surface area (Å²) in [7, 11) is 0. The molecule has 0 fully saturated rings. The van der Waals surface area contributed by atoms with E-state index in [1.807, 2.05) is 18.2 Å². The van der Waals surface area contributed by atoms with Crippen LogP contribution in [-0.4, -0.2) is 4.98 Å². The van der Waals surface area contributed by atoms with Gasteiger partial charge in [-0.15, -0.1) is 0 Å². The maximum Gasteiger partial charge on any atom is 0.0887 e. The molecule has 0 amide bonds. The number of rotatable bonds is 1. The quantitative estimate of drug-likeness (QED) is 0.754. The summed E-state index contributed by atoms with van der Waals surface area (Å²) in [5.74, 6) is -0.0302. The fourth-order valence-corrected chi connectivity index (χ4v) is 2.55. The van der Waals surface area contributed by atoms with E-state index in [9.17, 15) is 5.26 Å². The molecule has 1 heterocycles. The van der Waals surface area contributed by atoms with Crippen LogP contribution in [0.25, 0.3) is 11.3 Å². The summed E-state index contributed by atoms with van der Waals surface area (Å²) in [6.45, 7) is 0. The summed E-state index contributed by atoms with van der Waals surface area (Å²) in [4.78, 5) is 4.71. The van der Waals surface area contributed by atoms with E-state index in [0.29, 0.717) is 0 Å². The van der Waals surface area contributed by atoms with Gasteiger partial charge < -0.3 is 0 Å². The molecule has 1 atom stereocenters. The smallest absolute Gasteiger partial charge is 0.0887 e. The van der Waals surface area contributed by atoms with Gasteiger partial charge in [-0.1, -0.05) is 36.4 Å². The molecule has 0 saturated heterocycles. The Bertz CT molecular complexity index is 596. The first-order valence-electron chi connectivity index (χ1n) is 6.33. The number of hydrogen-bond donors (Lipinski definition) is 0. The Morgan fingerprint density at radius 1 is 1.11 bits per heavy atom. The highest BCUT2D eigenvalue weighted by molar-refractivity contribution is 5.59. The molecule has 88 valence electrons. The molecule has 0 unspecified atom stereocenters. The van der Waals surface area contributed by atoms with Crippen LogP contribution in [0.2, 0.25) is 0 Å². The van der Waals surface area contributed by atoms with E-state index < -0.39 is 0 Å². The minimum Gasteiger partial charge on any atom is -0.251 e. The van der Waals surface area contributed by atoms with E-state index >= 15 is 0 Å². The molecular weight excluding hydrogens is 220 g/mol. The van der Waals surface area contributed by atoms with Crippen molar-refractivity contribution in [1.29, 1.82) is 5.26 Å². The van der Waals surface area contributed by atoms with Crippen molar-refractivity contribution in [3.63, 3.8) is 0 Å². The third-order valence-corrected chi connectivity index (χ3v) is 3.51. The van der Waals surface area contributed by atoms with Crippen LogP contribution in [0.3, 0.4) is 0 Å². The van der Waals surface area contributed by atoms with Crippen molar-refractivity contribution in [1.82, 2.24) is 4.98 Å². The van der Waals surface area contributed by atoms with Crippen LogP contribution in [0, 0.1) is 11.3 Å². The maximum atomic E-state index is 9.21. The Labute approximate surface area is 107 Å². The number of nitriles is 1. The lowest BCUT2D eigenvalue weighted by atomic mass is 9.87. The summed E-state index contributed by atoms with van der Waals surface area (Å²) in [6.07, 6.45) is 3.09. The number of benzene rings is 1. The third kappa shape index (κ3) is 1.89. The fraction of sp³-hybridized carbons (Fsp3) is 0.250. The summed E-state index contributed by atoms with van der Waals surface area (Å²) in [5, 5.41) is 9.21. The lowest BCUT2D eigenvalue weighted by Gasteiger charge is -2.19. The topological polar surface area (TPSA) is 36.7 Å². The van der Waals surface area contributed by atoms with Crippen molar-refractivity contribution in [2.24, 2.45) is 0 Å². The molecule has 2 aromatic rings. The third-order valence-electron chi connectivity index (χ3n) is 3.51. The second kappa shape index (κ2) is 4.62. The van der Waals surface area contributed by atoms with Crippen LogP contribution in [0.5, 0.6) is 0 Å². The van der Waals surface area contributed by atoms with Gasteiger partial charge in [0, 0.05) is 5.56 Å². The molecule has 0 radical (unpaired) electrons. The molecule has 1 aromatic carbocycles. The van der Waals surface area contributed by atoms with Crippen molar-refractivity contribution >= 4 is 0 Å². The van der Waals surface area contributed by atoms with E-state index in [2.05, 4.69) is 30.3 Å². The van der Waals surface area contributed by atoms with E-state index in [1.165, 1.54) is 5.56 Å². The predicted octanol–water partition coefficient (Wildman–Crippen LogP) is 3.69. The van der Waals surface area contributed by atoms with Gasteiger partial charge in [0.05, 0.1) is 23.4 Å². The highest BCUT2D eigenvalue weighted by Gasteiger charge is 2.21. The Morgan fingerprint density at radius 3 is 2.72 bits per heavy atom. The summed E-state index contributed by atoms with van der Waals surface area (Å²) >= 11 is 0. The van der Waals surface area contributed by atoms with E-state index in [1.54, 1.807) is 0 Å². The van der Waals surface area contributed by atoms with Gasteiger partial charge in [-0.25, -0.2) is 0 Å². The van der Waals surface area contributed by atoms with Gasteiger partial charge in [-0.2, -0.15) is 5.26 Å². The van der Waals surface area contributed by atoms with E-state index in [0.717, 1.165) is 36.2 Å². The molecule has 1 aliphatic carbocycles. The normalized spacial score (nSPS) is 17.8. The second-order valence-electron chi connectivity index (χ2n) is 4.68. The first-order valence-corrected chi connectivity index (χ1v) is 6.33. The summed E-state index contributed by atoms with van der Waals surface area (Å²) in [6, 6.07) is 16.7. The lowest BCUT2D eigenvalue weighted by molar-refractivity contribution is 0.620. The zero-order valence-corrected chi connectivity index (χ0v) is 10.1. The van der Waals surface area contributed by atoms with Gasteiger partial charge in [-0.3, -0.25) is 4.98 Å². The van der Waals surface area contributed by atoms with Crippen molar-refractivity contribution in [3.05, 3.63) is 53.7 Å². The number of hydrogen-bond acceptors (Lipinski definition) is 2. The molecule has 0 spiro atoms. The molecule has 0 saturated carbocycles. The molecule has 0 aliphatic heterocycles. The highest BCUT2D eigenvalue weighted by atomic mass is 14.7. The van der Waals surface area contributed by atoms with Crippen molar-refractivity contribution in [3.8, 4) is 17.3 Å². The SMILES string of the molecule is N#C[C@H]1CCCc2ccc(-c3ccccc3)nc21. The van der Waals surface area contributed by atoms with Gasteiger partial charge in [-0.05, 0) is 30.9 Å². The number of pyridine rings is 1. The van der Waals surface area contributed by atoms with Crippen LogP contribution >= 0.6 is 0 Å². The van der Waals surface area contributed by atoms with Crippen LogP contribution in [0.15, 0.2) is 42.5 Å². The molecule has 3 rings (SSSR count). The molecule has 0 N–H and O–H groups in total. The minimum atomic E-state index is -0.0302. The van der Waals surface area contributed by atoms with Crippen molar-refractivity contribution < 1.29 is 0 Å². The van der Waals surface area contributed by atoms with Crippen LogP contribution in [-0.2, 0) is 6.42 Å². The Morgan fingerprint density at radius 2 is 1.94 bits per heavy atom. The first kappa shape index (κ1) is 11.0.